The predicted octanol–water partition coefficient (Wildman–Crippen LogP) is 7.61. The van der Waals surface area contributed by atoms with E-state index in [9.17, 15) is 62.9 Å². The smallest absolute Gasteiger partial charge is 0.747 e. The Hall–Kier alpha value is -5.81. The fourth-order valence-corrected chi connectivity index (χ4v) is 6.18. The third-order valence-corrected chi connectivity index (χ3v) is 9.34. The first-order chi connectivity index (χ1) is 35.0. The van der Waals surface area contributed by atoms with Gasteiger partial charge in [0, 0.05) is 37.1 Å². The topological polar surface area (TPSA) is 211 Å². The molecule has 25 heteroatoms. The summed E-state index contributed by atoms with van der Waals surface area (Å²) in [5, 5.41) is 7.89. The van der Waals surface area contributed by atoms with Crippen LogP contribution in [0.1, 0.15) is 115 Å². The van der Waals surface area contributed by atoms with Gasteiger partial charge in [0.1, 0.15) is 55.7 Å². The van der Waals surface area contributed by atoms with Crippen LogP contribution in [0, 0.1) is 52.1 Å². The molecule has 4 aromatic carbocycles. The molecule has 2 fully saturated rings. The summed E-state index contributed by atoms with van der Waals surface area (Å²) in [5.74, 6) is -9.14. The van der Waals surface area contributed by atoms with E-state index in [1.54, 1.807) is 77.9 Å². The van der Waals surface area contributed by atoms with Crippen LogP contribution in [0.2, 0.25) is 0 Å². The molecule has 1 atom stereocenters. The first kappa shape index (κ1) is 71.2. The maximum Gasteiger partial charge on any atom is 1.00 e. The van der Waals surface area contributed by atoms with E-state index in [4.69, 9.17) is 33.9 Å². The number of carbonyl (C=O) groups excluding carboxylic acids is 4. The average Bonchev–Trinajstić information content (AvgIpc) is 3.76. The zero-order valence-electron chi connectivity index (χ0n) is 45.2. The molecule has 0 saturated carbocycles. The molecule has 0 spiro atoms. The molecule has 0 aromatic heterocycles. The van der Waals surface area contributed by atoms with Crippen LogP contribution in [0.5, 0.6) is 23.0 Å². The quantitative estimate of drug-likeness (QED) is 0.0440. The van der Waals surface area contributed by atoms with Gasteiger partial charge in [-0.15, -0.1) is 0 Å². The van der Waals surface area contributed by atoms with Crippen molar-refractivity contribution in [2.75, 3.05) is 0 Å². The largest absolute Gasteiger partial charge is 1.00 e. The molecule has 0 radical (unpaired) electrons. The Bertz CT molecular complexity index is 2620. The molecule has 2 saturated heterocycles. The van der Waals surface area contributed by atoms with Crippen molar-refractivity contribution in [3.63, 3.8) is 0 Å². The van der Waals surface area contributed by atoms with Crippen LogP contribution in [0.15, 0.2) is 72.8 Å². The van der Waals surface area contributed by atoms with Crippen LogP contribution in [0.25, 0.3) is 0 Å². The summed E-state index contributed by atoms with van der Waals surface area (Å²) in [6.45, 7) is 22.6. The third-order valence-electron chi connectivity index (χ3n) is 8.28. The Morgan fingerprint density at radius 2 is 0.961 bits per heavy atom. The number of rotatable bonds is 12. The number of hydrogen-bond acceptors (Lipinski definition) is 14. The van der Waals surface area contributed by atoms with Crippen molar-refractivity contribution in [3.8, 4) is 29.1 Å². The summed E-state index contributed by atoms with van der Waals surface area (Å²) in [6, 6.07) is 18.4. The van der Waals surface area contributed by atoms with Crippen LogP contribution >= 0.6 is 0 Å². The van der Waals surface area contributed by atoms with E-state index in [1.807, 2.05) is 27.7 Å². The van der Waals surface area contributed by atoms with E-state index in [0.29, 0.717) is 16.4 Å². The van der Waals surface area contributed by atoms with Gasteiger partial charge in [-0.1, -0.05) is 0 Å². The van der Waals surface area contributed by atoms with Crippen molar-refractivity contribution in [3.05, 3.63) is 119 Å². The Balaban J connectivity index is 0.000000902. The standard InChI is InChI=1S/C10H10F4O.C10H11NO.C9H10F2O.C9H11FO.C7H11NO6S.C7H11NO3.Na/c1-10(2,3)15-9-7(13)5(11)4-6(12)8(9)14;1-8(2)12-10-5-3-9(7-11)4-6-10;1-6(2)12-9-4-7(10)3-8(11)5-9;1-7(2)11-9-5-3-8(10)4-6-9;1-4(2)14-8-6(9)3-5(7(8)10)15(11,12)13;1-5(2)11-8-6(9)3-4-7(8)10;/h4H,1-3H3;3-6,8H,1-2H3;3-6H,1-2H3;3-7H,1-2H3;4-5H,3H2,1-2H3,(H,11,12,13);5H,3-4H2,1-2H3;/q;;;;;;+1/p-1. The molecule has 2 aliphatic rings. The van der Waals surface area contributed by atoms with E-state index < -0.39 is 86.0 Å². The van der Waals surface area contributed by atoms with Gasteiger partial charge in [-0.3, -0.25) is 28.9 Å². The molecule has 4 aromatic rings. The van der Waals surface area contributed by atoms with Crippen molar-refractivity contribution >= 4 is 33.7 Å². The molecule has 2 aliphatic heterocycles. The van der Waals surface area contributed by atoms with Crippen LogP contribution in [0.4, 0.5) is 30.7 Å². The number of hydroxylamine groups is 4. The Labute approximate surface area is 466 Å². The summed E-state index contributed by atoms with van der Waals surface area (Å²) < 4.78 is 142. The van der Waals surface area contributed by atoms with Gasteiger partial charge < -0.3 is 23.5 Å². The maximum absolute atomic E-state index is 13.1. The van der Waals surface area contributed by atoms with Crippen LogP contribution in [-0.4, -0.2) is 88.1 Å². The SMILES string of the molecule is CC(C)(C)Oc1c(F)c(F)cc(F)c1F.CC(C)ON1C(=O)CC(S(=O)(=O)[O-])C1=O.CC(C)ON1C(=O)CCC1=O.CC(C)Oc1cc(F)cc(F)c1.CC(C)Oc1ccc(C#N)cc1.CC(C)Oc1ccc(F)cc1.[Na+]. The number of ether oxygens (including phenoxy) is 4. The zero-order chi connectivity index (χ0) is 58.4. The van der Waals surface area contributed by atoms with Crippen molar-refractivity contribution in [1.29, 1.82) is 5.26 Å². The number of halogens is 7. The number of imide groups is 2. The number of nitrogens with zero attached hydrogens (tertiary/aromatic N) is 3. The van der Waals surface area contributed by atoms with Crippen LogP contribution in [-0.2, 0) is 39.0 Å². The molecule has 0 N–H and O–H groups in total. The van der Waals surface area contributed by atoms with Crippen LogP contribution < -0.4 is 48.5 Å². The van der Waals surface area contributed by atoms with Gasteiger partial charge in [0.25, 0.3) is 23.6 Å². The van der Waals surface area contributed by atoms with Gasteiger partial charge in [-0.05, 0) is 139 Å². The fraction of sp³-hybridized carbons (Fsp3) is 0.442. The van der Waals surface area contributed by atoms with Gasteiger partial charge in [-0.2, -0.15) is 24.2 Å². The van der Waals surface area contributed by atoms with Crippen LogP contribution in [0.3, 0.4) is 0 Å². The summed E-state index contributed by atoms with van der Waals surface area (Å²) in [7, 11) is -4.80. The number of benzene rings is 4. The molecular weight excluding hydrogens is 1060 g/mol. The first-order valence-corrected chi connectivity index (χ1v) is 24.8. The second-order valence-corrected chi connectivity index (χ2v) is 19.9. The molecule has 16 nitrogen and oxygen atoms in total. The van der Waals surface area contributed by atoms with Crippen molar-refractivity contribution < 1.29 is 121 Å². The summed E-state index contributed by atoms with van der Waals surface area (Å²) in [4.78, 5) is 54.0. The number of hydrogen-bond donors (Lipinski definition) is 0. The predicted molar refractivity (Wildman–Crippen MR) is 261 cm³/mol. The average molecular weight is 1130 g/mol. The van der Waals surface area contributed by atoms with Crippen molar-refractivity contribution in [2.24, 2.45) is 0 Å². The minimum atomic E-state index is -4.80. The second kappa shape index (κ2) is 33.5. The third kappa shape index (κ3) is 27.9. The summed E-state index contributed by atoms with van der Waals surface area (Å²) in [6.07, 6.45) is -0.411. The molecule has 2 heterocycles. The first-order valence-electron chi connectivity index (χ1n) is 23.3. The molecular formula is C52H63F7N3NaO13S. The van der Waals surface area contributed by atoms with Gasteiger partial charge in [0.15, 0.2) is 17.4 Å². The van der Waals surface area contributed by atoms with Crippen molar-refractivity contribution in [2.45, 2.75) is 151 Å². The molecule has 420 valence electrons. The summed E-state index contributed by atoms with van der Waals surface area (Å²) >= 11 is 0. The minimum Gasteiger partial charge on any atom is -0.747 e. The Morgan fingerprint density at radius 3 is 1.31 bits per heavy atom. The van der Waals surface area contributed by atoms with Gasteiger partial charge in [-0.25, -0.2) is 30.4 Å². The minimum absolute atomic E-state index is 0. The molecule has 4 amide bonds. The monoisotopic (exact) mass is 1130 g/mol. The van der Waals surface area contributed by atoms with E-state index in [1.165, 1.54) is 32.9 Å². The molecule has 0 bridgehead atoms. The Morgan fingerprint density at radius 1 is 0.571 bits per heavy atom. The van der Waals surface area contributed by atoms with Gasteiger partial charge in [0.2, 0.25) is 11.6 Å². The Kier molecular flexibility index (Phi) is 30.9. The molecule has 6 rings (SSSR count). The molecule has 0 aliphatic carbocycles. The maximum atomic E-state index is 13.1. The fourth-order valence-electron chi connectivity index (χ4n) is 5.50. The number of amides is 4. The van der Waals surface area contributed by atoms with E-state index in [-0.39, 0.29) is 96.3 Å². The number of carbonyl (C=O) groups is 4. The molecule has 1 unspecified atom stereocenters. The van der Waals surface area contributed by atoms with E-state index in [0.717, 1.165) is 29.0 Å². The summed E-state index contributed by atoms with van der Waals surface area (Å²) in [5.41, 5.74) is -0.284. The zero-order valence-corrected chi connectivity index (χ0v) is 48.0. The van der Waals surface area contributed by atoms with Gasteiger partial charge in [0.05, 0.1) is 48.6 Å². The van der Waals surface area contributed by atoms with E-state index in [2.05, 4.69) is 6.07 Å². The normalized spacial score (nSPS) is 14.0. The van der Waals surface area contributed by atoms with Crippen molar-refractivity contribution in [1.82, 2.24) is 10.1 Å². The molecule has 77 heavy (non-hydrogen) atoms. The van der Waals surface area contributed by atoms with E-state index >= 15 is 0 Å². The number of nitriles is 1. The second-order valence-electron chi connectivity index (χ2n) is 18.3. The van der Waals surface area contributed by atoms with Gasteiger partial charge >= 0.3 is 29.6 Å².